The average molecular weight is 267 g/mol. The van der Waals surface area contributed by atoms with Gasteiger partial charge in [0.15, 0.2) is 0 Å². The molecule has 2 heterocycles. The van der Waals surface area contributed by atoms with Gasteiger partial charge in [0.1, 0.15) is 5.75 Å². The van der Waals surface area contributed by atoms with E-state index in [0.29, 0.717) is 13.2 Å². The van der Waals surface area contributed by atoms with Crippen LogP contribution in [0.3, 0.4) is 0 Å². The zero-order valence-corrected chi connectivity index (χ0v) is 11.2. The largest absolute Gasteiger partial charge is 0.508 e. The van der Waals surface area contributed by atoms with E-state index < -0.39 is 0 Å². The van der Waals surface area contributed by atoms with E-state index in [4.69, 9.17) is 9.31 Å². The first-order chi connectivity index (χ1) is 9.74. The first kappa shape index (κ1) is 11.8. The summed E-state index contributed by atoms with van der Waals surface area (Å²) < 4.78 is 13.2. The fourth-order valence-corrected chi connectivity index (χ4v) is 2.91. The van der Waals surface area contributed by atoms with Gasteiger partial charge in [-0.15, -0.1) is 0 Å². The molecule has 1 aliphatic rings. The molecule has 0 atom stereocenters. The second-order valence-corrected chi connectivity index (χ2v) is 5.11. The maximum atomic E-state index is 9.65. The van der Waals surface area contributed by atoms with Gasteiger partial charge >= 0.3 is 7.12 Å². The van der Waals surface area contributed by atoms with E-state index in [9.17, 15) is 5.11 Å². The van der Waals surface area contributed by atoms with Crippen LogP contribution in [0.15, 0.2) is 36.4 Å². The number of aromatic nitrogens is 1. The summed E-state index contributed by atoms with van der Waals surface area (Å²) in [6.07, 6.45) is 0. The van der Waals surface area contributed by atoms with Crippen LogP contribution >= 0.6 is 0 Å². The predicted octanol–water partition coefficient (Wildman–Crippen LogP) is 1.78. The Balaban J connectivity index is 1.99. The molecule has 1 aliphatic heterocycles. The fraction of sp³-hybridized carbons (Fsp3) is 0.200. The second-order valence-electron chi connectivity index (χ2n) is 5.11. The summed E-state index contributed by atoms with van der Waals surface area (Å²) in [4.78, 5) is 0. The van der Waals surface area contributed by atoms with Crippen molar-refractivity contribution < 1.29 is 14.4 Å². The van der Waals surface area contributed by atoms with E-state index in [1.165, 1.54) is 0 Å². The molecule has 2 aromatic carbocycles. The summed E-state index contributed by atoms with van der Waals surface area (Å²) in [6, 6.07) is 11.7. The molecule has 3 aromatic rings. The molecular formula is C15H14BNO3. The van der Waals surface area contributed by atoms with Gasteiger partial charge in [-0.1, -0.05) is 12.1 Å². The molecule has 0 amide bonds. The average Bonchev–Trinajstić information content (AvgIpc) is 3.07. The predicted molar refractivity (Wildman–Crippen MR) is 79.4 cm³/mol. The number of nitrogens with zero attached hydrogens (tertiary/aromatic N) is 1. The molecular weight excluding hydrogens is 253 g/mol. The van der Waals surface area contributed by atoms with Gasteiger partial charge < -0.3 is 19.0 Å². The maximum absolute atomic E-state index is 9.65. The fourth-order valence-electron chi connectivity index (χ4n) is 2.91. The lowest BCUT2D eigenvalue weighted by Crippen LogP contribution is -2.31. The Labute approximate surface area is 116 Å². The smallest absolute Gasteiger partial charge is 0.494 e. The van der Waals surface area contributed by atoms with E-state index in [1.807, 2.05) is 19.2 Å². The Morgan fingerprint density at radius 1 is 1.00 bits per heavy atom. The van der Waals surface area contributed by atoms with Crippen molar-refractivity contribution in [3.05, 3.63) is 36.4 Å². The third-order valence-corrected chi connectivity index (χ3v) is 3.91. The number of fused-ring (bicyclic) bond motifs is 3. The highest BCUT2D eigenvalue weighted by Crippen LogP contribution is 2.29. The van der Waals surface area contributed by atoms with Gasteiger partial charge in [-0.25, -0.2) is 0 Å². The standard InChI is InChI=1S/C15H14BNO3/c1-17-14-5-2-10(16-19-6-7-20-16)8-13(14)12-4-3-11(18)9-15(12)17/h2-5,8-9,18H,6-7H2,1H3. The number of hydrogen-bond acceptors (Lipinski definition) is 3. The molecule has 1 N–H and O–H groups in total. The normalized spacial score (nSPS) is 15.6. The Bertz CT molecular complexity index is 806. The van der Waals surface area contributed by atoms with Gasteiger partial charge in [-0.2, -0.15) is 0 Å². The van der Waals surface area contributed by atoms with Crippen LogP contribution in [-0.4, -0.2) is 30.0 Å². The summed E-state index contributed by atoms with van der Waals surface area (Å²) in [5.74, 6) is 0.283. The maximum Gasteiger partial charge on any atom is 0.494 e. The van der Waals surface area contributed by atoms with Gasteiger partial charge in [0.2, 0.25) is 0 Å². The molecule has 0 spiro atoms. The number of aromatic hydroxyl groups is 1. The molecule has 1 saturated heterocycles. The van der Waals surface area contributed by atoms with Crippen molar-refractivity contribution in [1.29, 1.82) is 0 Å². The zero-order valence-electron chi connectivity index (χ0n) is 11.2. The van der Waals surface area contributed by atoms with Crippen molar-refractivity contribution in [1.82, 2.24) is 4.57 Å². The van der Waals surface area contributed by atoms with Crippen molar-refractivity contribution in [2.75, 3.05) is 13.2 Å². The summed E-state index contributed by atoms with van der Waals surface area (Å²) >= 11 is 0. The quantitative estimate of drug-likeness (QED) is 0.683. The van der Waals surface area contributed by atoms with Gasteiger partial charge in [-0.05, 0) is 23.7 Å². The number of phenols is 1. The minimum absolute atomic E-state index is 0.258. The van der Waals surface area contributed by atoms with Gasteiger partial charge in [-0.3, -0.25) is 0 Å². The number of hydrogen-bond donors (Lipinski definition) is 1. The van der Waals surface area contributed by atoms with Gasteiger partial charge in [0.05, 0.1) is 18.7 Å². The number of phenolic OH excluding ortho intramolecular Hbond substituents is 1. The molecule has 20 heavy (non-hydrogen) atoms. The first-order valence-corrected chi connectivity index (χ1v) is 6.68. The summed E-state index contributed by atoms with van der Waals surface area (Å²) in [7, 11) is 1.75. The first-order valence-electron chi connectivity index (χ1n) is 6.68. The van der Waals surface area contributed by atoms with Crippen molar-refractivity contribution in [2.24, 2.45) is 7.05 Å². The molecule has 5 heteroatoms. The third kappa shape index (κ3) is 1.64. The Hall–Kier alpha value is -1.98. The minimum atomic E-state index is -0.258. The Kier molecular flexibility index (Phi) is 2.52. The van der Waals surface area contributed by atoms with Crippen LogP contribution < -0.4 is 5.46 Å². The zero-order chi connectivity index (χ0) is 13.7. The van der Waals surface area contributed by atoms with Crippen molar-refractivity contribution in [3.8, 4) is 5.75 Å². The lowest BCUT2D eigenvalue weighted by Gasteiger charge is -2.04. The molecule has 0 saturated carbocycles. The SMILES string of the molecule is Cn1c2ccc(B3OCCO3)cc2c2ccc(O)cc21. The highest BCUT2D eigenvalue weighted by molar-refractivity contribution is 6.62. The van der Waals surface area contributed by atoms with E-state index in [-0.39, 0.29) is 12.9 Å². The highest BCUT2D eigenvalue weighted by Gasteiger charge is 2.26. The van der Waals surface area contributed by atoms with Crippen LogP contribution in [-0.2, 0) is 16.4 Å². The van der Waals surface area contributed by atoms with Gasteiger partial charge in [0, 0.05) is 29.4 Å². The number of aryl methyl sites for hydroxylation is 1. The van der Waals surface area contributed by atoms with E-state index in [2.05, 4.69) is 16.7 Å². The lowest BCUT2D eigenvalue weighted by molar-refractivity contribution is 0.365. The van der Waals surface area contributed by atoms with Crippen LogP contribution in [0.4, 0.5) is 0 Å². The van der Waals surface area contributed by atoms with E-state index in [0.717, 1.165) is 27.3 Å². The van der Waals surface area contributed by atoms with Crippen molar-refractivity contribution in [2.45, 2.75) is 0 Å². The number of benzene rings is 2. The van der Waals surface area contributed by atoms with Gasteiger partial charge in [0.25, 0.3) is 0 Å². The minimum Gasteiger partial charge on any atom is -0.508 e. The second kappa shape index (κ2) is 4.26. The molecule has 1 aromatic heterocycles. The topological polar surface area (TPSA) is 43.6 Å². The van der Waals surface area contributed by atoms with Crippen LogP contribution in [0.1, 0.15) is 0 Å². The summed E-state index contributed by atoms with van der Waals surface area (Å²) in [6.45, 7) is 1.29. The van der Waals surface area contributed by atoms with Crippen molar-refractivity contribution in [3.63, 3.8) is 0 Å². The molecule has 0 aliphatic carbocycles. The molecule has 4 rings (SSSR count). The highest BCUT2D eigenvalue weighted by atomic mass is 16.6. The summed E-state index contributed by atoms with van der Waals surface area (Å²) in [5.41, 5.74) is 3.19. The third-order valence-electron chi connectivity index (χ3n) is 3.91. The van der Waals surface area contributed by atoms with Crippen LogP contribution in [0.5, 0.6) is 5.75 Å². The molecule has 0 radical (unpaired) electrons. The Morgan fingerprint density at radius 3 is 2.60 bits per heavy atom. The van der Waals surface area contributed by atoms with E-state index in [1.54, 1.807) is 12.1 Å². The van der Waals surface area contributed by atoms with Crippen molar-refractivity contribution >= 4 is 34.4 Å². The monoisotopic (exact) mass is 267 g/mol. The molecule has 0 unspecified atom stereocenters. The van der Waals surface area contributed by atoms with E-state index >= 15 is 0 Å². The van der Waals surface area contributed by atoms with Crippen LogP contribution in [0, 0.1) is 0 Å². The molecule has 0 bridgehead atoms. The summed E-state index contributed by atoms with van der Waals surface area (Å²) in [5, 5.41) is 11.9. The number of rotatable bonds is 1. The van der Waals surface area contributed by atoms with Crippen LogP contribution in [0.2, 0.25) is 0 Å². The Morgan fingerprint density at radius 2 is 1.80 bits per heavy atom. The van der Waals surface area contributed by atoms with Crippen LogP contribution in [0.25, 0.3) is 21.8 Å². The lowest BCUT2D eigenvalue weighted by atomic mass is 9.79. The molecule has 1 fully saturated rings. The molecule has 4 nitrogen and oxygen atoms in total. The molecule has 100 valence electrons.